The number of halogens is 3. The summed E-state index contributed by atoms with van der Waals surface area (Å²) in [7, 11) is 3.71. The van der Waals surface area contributed by atoms with Crippen molar-refractivity contribution in [3.8, 4) is 0 Å². The van der Waals surface area contributed by atoms with E-state index in [2.05, 4.69) is 20.6 Å². The van der Waals surface area contributed by atoms with Gasteiger partial charge in [0.25, 0.3) is 5.91 Å². The van der Waals surface area contributed by atoms with Crippen LogP contribution in [0.1, 0.15) is 15.9 Å². The van der Waals surface area contributed by atoms with Crippen LogP contribution in [0.25, 0.3) is 0 Å². The van der Waals surface area contributed by atoms with Crippen LogP contribution in [0, 0.1) is 5.41 Å². The van der Waals surface area contributed by atoms with Crippen molar-refractivity contribution in [2.45, 2.75) is 6.18 Å². The summed E-state index contributed by atoms with van der Waals surface area (Å²) in [5.74, 6) is -0.466. The summed E-state index contributed by atoms with van der Waals surface area (Å²) < 4.78 is 40.4. The Morgan fingerprint density at radius 1 is 1.03 bits per heavy atom. The van der Waals surface area contributed by atoms with Gasteiger partial charge in [-0.1, -0.05) is 6.07 Å². The number of nitrogens with one attached hydrogen (secondary N) is 3. The second-order valence-corrected chi connectivity index (χ2v) is 7.17. The molecule has 0 radical (unpaired) electrons. The lowest BCUT2D eigenvalue weighted by atomic mass is 10.1. The molecule has 33 heavy (non-hydrogen) atoms. The van der Waals surface area contributed by atoms with E-state index >= 15 is 0 Å². The number of pyridine rings is 2. The Morgan fingerprint density at radius 2 is 1.79 bits per heavy atom. The predicted octanol–water partition coefficient (Wildman–Crippen LogP) is 4.72. The van der Waals surface area contributed by atoms with Crippen molar-refractivity contribution in [3.63, 3.8) is 0 Å². The van der Waals surface area contributed by atoms with Gasteiger partial charge in [-0.2, -0.15) is 13.2 Å². The number of alkyl halides is 3. The maximum Gasteiger partial charge on any atom is 0.431 e. The summed E-state index contributed by atoms with van der Waals surface area (Å²) >= 11 is 0. The first-order chi connectivity index (χ1) is 15.6. The number of hydrogen-bond donors (Lipinski definition) is 3. The van der Waals surface area contributed by atoms with E-state index in [0.717, 1.165) is 5.69 Å². The number of carbonyl (C=O) groups excluding carboxylic acids is 1. The van der Waals surface area contributed by atoms with Crippen LogP contribution in [0.2, 0.25) is 0 Å². The van der Waals surface area contributed by atoms with Gasteiger partial charge in [0.2, 0.25) is 0 Å². The van der Waals surface area contributed by atoms with Crippen molar-refractivity contribution in [2.24, 2.45) is 0 Å². The molecule has 2 heterocycles. The molecule has 170 valence electrons. The van der Waals surface area contributed by atoms with Crippen LogP contribution in [0.4, 0.5) is 30.4 Å². The third-order valence-electron chi connectivity index (χ3n) is 4.48. The SMILES string of the molecule is CN(C)c1cccc(C(=O)Nc2ccc(N/C(=C\C(=N)c3cccnc3)C(F)(F)F)nc2)c1. The minimum Gasteiger partial charge on any atom is -0.378 e. The smallest absolute Gasteiger partial charge is 0.378 e. The molecular weight excluding hydrogens is 433 g/mol. The van der Waals surface area contributed by atoms with Crippen LogP contribution in [0.3, 0.4) is 0 Å². The van der Waals surface area contributed by atoms with Crippen molar-refractivity contribution in [2.75, 3.05) is 29.6 Å². The van der Waals surface area contributed by atoms with E-state index in [0.29, 0.717) is 17.3 Å². The van der Waals surface area contributed by atoms with E-state index in [1.54, 1.807) is 18.2 Å². The standard InChI is InChI=1S/C23H21F3N6O/c1-32(2)18-7-3-5-15(11-18)22(33)30-17-8-9-21(29-14-17)31-20(23(24,25)26)12-19(27)16-6-4-10-28-13-16/h3-14,27H,1-2H3,(H,29,31)(H,30,33)/b20-12-,27-19?. The van der Waals surface area contributed by atoms with Gasteiger partial charge in [-0.15, -0.1) is 0 Å². The van der Waals surface area contributed by atoms with Gasteiger partial charge in [0, 0.05) is 43.3 Å². The second-order valence-electron chi connectivity index (χ2n) is 7.17. The van der Waals surface area contributed by atoms with Gasteiger partial charge in [-0.3, -0.25) is 9.78 Å². The van der Waals surface area contributed by atoms with E-state index < -0.39 is 11.9 Å². The highest BCUT2D eigenvalue weighted by Crippen LogP contribution is 2.27. The topological polar surface area (TPSA) is 94.0 Å². The molecule has 1 amide bonds. The monoisotopic (exact) mass is 454 g/mol. The molecule has 2 aromatic heterocycles. The fourth-order valence-corrected chi connectivity index (χ4v) is 2.75. The minimum atomic E-state index is -4.74. The highest BCUT2D eigenvalue weighted by Gasteiger charge is 2.34. The molecule has 0 spiro atoms. The van der Waals surface area contributed by atoms with E-state index in [4.69, 9.17) is 5.41 Å². The van der Waals surface area contributed by atoms with Gasteiger partial charge >= 0.3 is 6.18 Å². The summed E-state index contributed by atoms with van der Waals surface area (Å²) in [6.45, 7) is 0. The largest absolute Gasteiger partial charge is 0.431 e. The number of amides is 1. The average Bonchev–Trinajstić information content (AvgIpc) is 2.79. The maximum absolute atomic E-state index is 13.5. The Balaban J connectivity index is 1.73. The van der Waals surface area contributed by atoms with Crippen LogP contribution >= 0.6 is 0 Å². The molecule has 0 fully saturated rings. The first-order valence-electron chi connectivity index (χ1n) is 9.73. The number of benzene rings is 1. The molecule has 3 rings (SSSR count). The Morgan fingerprint density at radius 3 is 2.39 bits per heavy atom. The molecule has 7 nitrogen and oxygen atoms in total. The number of aromatic nitrogens is 2. The Kier molecular flexibility index (Phi) is 7.07. The van der Waals surface area contributed by atoms with Crippen LogP contribution in [-0.4, -0.2) is 41.9 Å². The summed E-state index contributed by atoms with van der Waals surface area (Å²) in [5, 5.41) is 12.8. The van der Waals surface area contributed by atoms with Crippen LogP contribution in [0.5, 0.6) is 0 Å². The van der Waals surface area contributed by atoms with Crippen LogP contribution in [0.15, 0.2) is 78.9 Å². The minimum absolute atomic E-state index is 0.0924. The molecule has 3 N–H and O–H groups in total. The van der Waals surface area contributed by atoms with E-state index in [1.165, 1.54) is 42.9 Å². The third-order valence-corrected chi connectivity index (χ3v) is 4.48. The maximum atomic E-state index is 13.5. The summed E-state index contributed by atoms with van der Waals surface area (Å²) in [6, 6.07) is 12.7. The molecule has 3 aromatic rings. The van der Waals surface area contributed by atoms with Crippen molar-refractivity contribution in [3.05, 3.63) is 90.0 Å². The van der Waals surface area contributed by atoms with Gasteiger partial charge in [0.1, 0.15) is 11.5 Å². The molecule has 0 unspecified atom stereocenters. The average molecular weight is 454 g/mol. The molecule has 0 aliphatic rings. The van der Waals surface area contributed by atoms with Crippen LogP contribution < -0.4 is 15.5 Å². The molecule has 0 atom stereocenters. The van der Waals surface area contributed by atoms with Gasteiger partial charge in [0.05, 0.1) is 17.6 Å². The summed E-state index contributed by atoms with van der Waals surface area (Å²) in [6.07, 6.45) is -0.0491. The van der Waals surface area contributed by atoms with Crippen molar-refractivity contribution >= 4 is 28.8 Å². The highest BCUT2D eigenvalue weighted by molar-refractivity contribution is 6.07. The van der Waals surface area contributed by atoms with Gasteiger partial charge in [-0.25, -0.2) is 4.98 Å². The quantitative estimate of drug-likeness (QED) is 0.449. The Bertz CT molecular complexity index is 1160. The highest BCUT2D eigenvalue weighted by atomic mass is 19.4. The molecular formula is C23H21F3N6O. The van der Waals surface area contributed by atoms with Crippen LogP contribution in [-0.2, 0) is 0 Å². The molecule has 0 aliphatic heterocycles. The van der Waals surface area contributed by atoms with E-state index in [9.17, 15) is 18.0 Å². The third kappa shape index (κ3) is 6.39. The lowest BCUT2D eigenvalue weighted by Gasteiger charge is -2.15. The molecule has 0 saturated heterocycles. The van der Waals surface area contributed by atoms with Crippen molar-refractivity contribution in [1.82, 2.24) is 9.97 Å². The molecule has 1 aromatic carbocycles. The van der Waals surface area contributed by atoms with E-state index in [1.807, 2.05) is 25.1 Å². The van der Waals surface area contributed by atoms with Gasteiger partial charge in [0.15, 0.2) is 0 Å². The fourth-order valence-electron chi connectivity index (χ4n) is 2.75. The molecule has 10 heteroatoms. The molecule has 0 saturated carbocycles. The number of carbonyl (C=O) groups is 1. The number of allylic oxidation sites excluding steroid dienone is 2. The second kappa shape index (κ2) is 9.94. The fraction of sp³-hybridized carbons (Fsp3) is 0.130. The number of hydrogen-bond acceptors (Lipinski definition) is 6. The van der Waals surface area contributed by atoms with Gasteiger partial charge in [-0.05, 0) is 48.5 Å². The lowest BCUT2D eigenvalue weighted by Crippen LogP contribution is -2.21. The lowest BCUT2D eigenvalue weighted by molar-refractivity contribution is -0.0901. The first-order valence-corrected chi connectivity index (χ1v) is 9.73. The predicted molar refractivity (Wildman–Crippen MR) is 122 cm³/mol. The first kappa shape index (κ1) is 23.5. The number of nitrogens with zero attached hydrogens (tertiary/aromatic N) is 3. The normalized spacial score (nSPS) is 11.6. The van der Waals surface area contributed by atoms with E-state index in [-0.39, 0.29) is 23.0 Å². The Hall–Kier alpha value is -4.21. The summed E-state index contributed by atoms with van der Waals surface area (Å²) in [4.78, 5) is 22.1. The number of anilines is 3. The van der Waals surface area contributed by atoms with Crippen molar-refractivity contribution in [1.29, 1.82) is 5.41 Å². The molecule has 0 aliphatic carbocycles. The zero-order valence-electron chi connectivity index (χ0n) is 17.8. The zero-order valence-corrected chi connectivity index (χ0v) is 17.8. The zero-order chi connectivity index (χ0) is 24.0. The van der Waals surface area contributed by atoms with Crippen molar-refractivity contribution < 1.29 is 18.0 Å². The van der Waals surface area contributed by atoms with Gasteiger partial charge < -0.3 is 20.9 Å². The summed E-state index contributed by atoms with van der Waals surface area (Å²) in [5.41, 5.74) is 0.336. The molecule has 0 bridgehead atoms. The number of rotatable bonds is 7. The Labute approximate surface area is 188 Å².